The average Bonchev–Trinajstić information content (AvgIpc) is 3.50. The van der Waals surface area contributed by atoms with Gasteiger partial charge in [0, 0.05) is 10.9 Å². The van der Waals surface area contributed by atoms with Crippen molar-refractivity contribution >= 4 is 44.6 Å². The van der Waals surface area contributed by atoms with Crippen molar-refractivity contribution in [2.75, 3.05) is 12.8 Å². The first kappa shape index (κ1) is 24.1. The minimum atomic E-state index is -0.532. The molecule has 190 valence electrons. The van der Waals surface area contributed by atoms with Crippen molar-refractivity contribution < 1.29 is 9.13 Å². The number of hydrogen-bond acceptors (Lipinski definition) is 7. The second kappa shape index (κ2) is 9.23. The Balaban J connectivity index is 1.62. The van der Waals surface area contributed by atoms with Gasteiger partial charge in [-0.25, -0.2) is 19.0 Å². The van der Waals surface area contributed by atoms with Gasteiger partial charge in [-0.2, -0.15) is 5.10 Å². The Kier molecular flexibility index (Phi) is 5.85. The molecule has 0 saturated carbocycles. The van der Waals surface area contributed by atoms with Gasteiger partial charge < -0.3 is 10.5 Å². The average molecular weight is 547 g/mol. The number of hydrogen-bond donors (Lipinski definition) is 1. The van der Waals surface area contributed by atoms with Crippen LogP contribution in [0.3, 0.4) is 0 Å². The van der Waals surface area contributed by atoms with E-state index in [4.69, 9.17) is 27.2 Å². The molecule has 0 saturated heterocycles. The van der Waals surface area contributed by atoms with Gasteiger partial charge in [0.2, 0.25) is 0 Å². The first-order chi connectivity index (χ1) is 18.4. The predicted molar refractivity (Wildman–Crippen MR) is 147 cm³/mol. The van der Waals surface area contributed by atoms with Gasteiger partial charge in [0.1, 0.15) is 27.8 Å². The molecule has 6 rings (SSSR count). The Morgan fingerprint density at radius 3 is 2.63 bits per heavy atom. The van der Waals surface area contributed by atoms with Gasteiger partial charge in [0.05, 0.1) is 24.1 Å². The maximum atomic E-state index is 14.6. The van der Waals surface area contributed by atoms with Crippen LogP contribution in [0.25, 0.3) is 38.2 Å². The SMILES string of the molecule is COc1ccc(-c2nn([C@@H](C)c3cc4scc(Cl)n4c(=O)c3-c3ccccc3)c3ncnc(N)c23)cc1F. The fraction of sp³-hybridized carbons (Fsp3) is 0.111. The van der Waals surface area contributed by atoms with Crippen LogP contribution in [0, 0.1) is 5.82 Å². The summed E-state index contributed by atoms with van der Waals surface area (Å²) in [6.07, 6.45) is 1.36. The third-order valence-electron chi connectivity index (χ3n) is 6.52. The van der Waals surface area contributed by atoms with Gasteiger partial charge in [0.15, 0.2) is 17.2 Å². The molecule has 6 aromatic rings. The van der Waals surface area contributed by atoms with Crippen LogP contribution in [0.2, 0.25) is 5.15 Å². The Hall–Kier alpha value is -4.28. The van der Waals surface area contributed by atoms with E-state index in [0.29, 0.717) is 37.8 Å². The second-order valence-electron chi connectivity index (χ2n) is 8.65. The number of nitrogens with zero attached hydrogens (tertiary/aromatic N) is 5. The second-order valence-corrected chi connectivity index (χ2v) is 9.93. The normalized spacial score (nSPS) is 12.3. The molecule has 0 aliphatic heterocycles. The van der Waals surface area contributed by atoms with E-state index in [0.717, 1.165) is 11.1 Å². The molecule has 8 nitrogen and oxygen atoms in total. The highest BCUT2D eigenvalue weighted by Gasteiger charge is 2.26. The van der Waals surface area contributed by atoms with E-state index in [1.54, 1.807) is 16.1 Å². The summed E-state index contributed by atoms with van der Waals surface area (Å²) in [6, 6.07) is 15.5. The van der Waals surface area contributed by atoms with Crippen molar-refractivity contribution in [3.8, 4) is 28.1 Å². The van der Waals surface area contributed by atoms with Gasteiger partial charge in [-0.05, 0) is 42.3 Å². The van der Waals surface area contributed by atoms with Crippen LogP contribution >= 0.6 is 22.9 Å². The molecule has 2 aromatic carbocycles. The summed E-state index contributed by atoms with van der Waals surface area (Å²) in [5.41, 5.74) is 9.39. The van der Waals surface area contributed by atoms with Crippen LogP contribution in [0.5, 0.6) is 5.75 Å². The number of benzene rings is 2. The number of pyridine rings is 1. The summed E-state index contributed by atoms with van der Waals surface area (Å²) in [5.74, 6) is -0.204. The molecule has 1 atom stereocenters. The molecule has 0 bridgehead atoms. The smallest absolute Gasteiger partial charge is 0.265 e. The van der Waals surface area contributed by atoms with Crippen LogP contribution in [0.4, 0.5) is 10.2 Å². The van der Waals surface area contributed by atoms with Crippen LogP contribution in [-0.4, -0.2) is 31.3 Å². The van der Waals surface area contributed by atoms with Gasteiger partial charge in [0.25, 0.3) is 5.56 Å². The van der Waals surface area contributed by atoms with Crippen LogP contribution in [0.1, 0.15) is 18.5 Å². The van der Waals surface area contributed by atoms with Gasteiger partial charge in [-0.1, -0.05) is 41.9 Å². The molecule has 0 spiro atoms. The van der Waals surface area contributed by atoms with E-state index in [-0.39, 0.29) is 17.1 Å². The fourth-order valence-electron chi connectivity index (χ4n) is 4.69. The number of aromatic nitrogens is 5. The maximum absolute atomic E-state index is 14.6. The Morgan fingerprint density at radius 2 is 1.89 bits per heavy atom. The van der Waals surface area contributed by atoms with Gasteiger partial charge in [-0.3, -0.25) is 9.20 Å². The Bertz CT molecular complexity index is 1900. The number of fused-ring (bicyclic) bond motifs is 2. The lowest BCUT2D eigenvalue weighted by molar-refractivity contribution is 0.386. The summed E-state index contributed by atoms with van der Waals surface area (Å²) in [6.45, 7) is 1.93. The highest BCUT2D eigenvalue weighted by molar-refractivity contribution is 7.16. The summed E-state index contributed by atoms with van der Waals surface area (Å²) in [5, 5.41) is 7.40. The van der Waals surface area contributed by atoms with E-state index in [1.807, 2.05) is 43.3 Å². The molecule has 0 aliphatic carbocycles. The monoisotopic (exact) mass is 546 g/mol. The van der Waals surface area contributed by atoms with E-state index >= 15 is 0 Å². The number of halogens is 2. The summed E-state index contributed by atoms with van der Waals surface area (Å²) in [4.78, 5) is 23.1. The highest BCUT2D eigenvalue weighted by Crippen LogP contribution is 2.37. The van der Waals surface area contributed by atoms with Crippen molar-refractivity contribution in [2.45, 2.75) is 13.0 Å². The predicted octanol–water partition coefficient (Wildman–Crippen LogP) is 5.83. The minimum absolute atomic E-state index is 0.117. The lowest BCUT2D eigenvalue weighted by atomic mass is 9.97. The lowest BCUT2D eigenvalue weighted by Gasteiger charge is -2.18. The Labute approximate surface area is 224 Å². The zero-order valence-electron chi connectivity index (χ0n) is 20.2. The molecule has 4 aromatic heterocycles. The molecule has 38 heavy (non-hydrogen) atoms. The van der Waals surface area contributed by atoms with Crippen LogP contribution in [-0.2, 0) is 0 Å². The lowest BCUT2D eigenvalue weighted by Crippen LogP contribution is -2.20. The minimum Gasteiger partial charge on any atom is -0.494 e. The van der Waals surface area contributed by atoms with E-state index in [2.05, 4.69) is 9.97 Å². The maximum Gasteiger partial charge on any atom is 0.265 e. The number of ether oxygens (including phenoxy) is 1. The van der Waals surface area contributed by atoms with Crippen molar-refractivity contribution in [1.29, 1.82) is 0 Å². The number of nitrogens with two attached hydrogens (primary N) is 1. The first-order valence-electron chi connectivity index (χ1n) is 11.6. The standard InChI is InChI=1S/C27H20ClFN6O2S/c1-14(17-11-21-34(20(28)12-38-21)27(36)22(17)15-6-4-3-5-7-15)35-26-23(25(30)31-13-32-26)24(33-35)16-8-9-19(37-2)18(29)10-16/h3-14H,1-2H3,(H2,30,31,32)/t14-/m0/s1. The highest BCUT2D eigenvalue weighted by atomic mass is 35.5. The molecule has 0 aliphatic rings. The zero-order chi connectivity index (χ0) is 26.6. The topological polar surface area (TPSA) is 100 Å². The quantitative estimate of drug-likeness (QED) is 0.292. The third-order valence-corrected chi connectivity index (χ3v) is 7.81. The van der Waals surface area contributed by atoms with Crippen molar-refractivity contribution in [3.05, 3.63) is 93.2 Å². The molecular weight excluding hydrogens is 527 g/mol. The summed E-state index contributed by atoms with van der Waals surface area (Å²) >= 11 is 7.75. The van der Waals surface area contributed by atoms with Crippen molar-refractivity contribution in [2.24, 2.45) is 0 Å². The molecule has 2 N–H and O–H groups in total. The fourth-order valence-corrected chi connectivity index (χ4v) is 5.85. The van der Waals surface area contributed by atoms with E-state index in [1.165, 1.54) is 41.3 Å². The number of rotatable bonds is 5. The largest absolute Gasteiger partial charge is 0.494 e. The molecule has 0 unspecified atom stereocenters. The van der Waals surface area contributed by atoms with E-state index < -0.39 is 11.9 Å². The number of nitrogen functional groups attached to an aromatic ring is 1. The number of thiazole rings is 1. The third kappa shape index (κ3) is 3.72. The van der Waals surface area contributed by atoms with Gasteiger partial charge in [-0.15, -0.1) is 11.3 Å². The van der Waals surface area contributed by atoms with Gasteiger partial charge >= 0.3 is 0 Å². The first-order valence-corrected chi connectivity index (χ1v) is 12.9. The molecule has 0 fully saturated rings. The van der Waals surface area contributed by atoms with Crippen molar-refractivity contribution in [1.82, 2.24) is 24.1 Å². The molecule has 4 heterocycles. The zero-order valence-corrected chi connectivity index (χ0v) is 21.8. The molecule has 0 amide bonds. The number of methoxy groups -OCH3 is 1. The Morgan fingerprint density at radius 1 is 1.11 bits per heavy atom. The summed E-state index contributed by atoms with van der Waals surface area (Å²) in [7, 11) is 1.40. The molecular formula is C27H20ClFN6O2S. The molecule has 11 heteroatoms. The van der Waals surface area contributed by atoms with Crippen molar-refractivity contribution in [3.63, 3.8) is 0 Å². The van der Waals surface area contributed by atoms with Crippen LogP contribution < -0.4 is 16.0 Å². The van der Waals surface area contributed by atoms with E-state index in [9.17, 15) is 9.18 Å². The summed E-state index contributed by atoms with van der Waals surface area (Å²) < 4.78 is 22.9. The van der Waals surface area contributed by atoms with Crippen LogP contribution in [0.15, 0.2) is 71.1 Å². The number of anilines is 1. The molecule has 0 radical (unpaired) electrons.